The number of aromatic nitrogens is 2. The van der Waals surface area contributed by atoms with Crippen LogP contribution in [0.4, 0.5) is 4.79 Å². The van der Waals surface area contributed by atoms with E-state index in [-0.39, 0.29) is 18.3 Å². The van der Waals surface area contributed by atoms with Gasteiger partial charge < -0.3 is 14.8 Å². The second-order valence-electron chi connectivity index (χ2n) is 5.04. The summed E-state index contributed by atoms with van der Waals surface area (Å²) in [6.07, 6.45) is 0.903. The first-order chi connectivity index (χ1) is 9.24. The Hall–Kier alpha value is -1.76. The first-order valence-electron chi connectivity index (χ1n) is 5.95. The van der Waals surface area contributed by atoms with Crippen molar-refractivity contribution < 1.29 is 19.1 Å². The summed E-state index contributed by atoms with van der Waals surface area (Å²) in [4.78, 5) is 23.3. The molecule has 1 heterocycles. The number of carbonyl (C=O) groups excluding carboxylic acids is 2. The summed E-state index contributed by atoms with van der Waals surface area (Å²) in [5, 5.41) is 6.50. The summed E-state index contributed by atoms with van der Waals surface area (Å²) in [6, 6.07) is -0.247. The Balaban J connectivity index is 2.70. The fourth-order valence-corrected chi connectivity index (χ4v) is 1.57. The Labute approximate surface area is 122 Å². The zero-order valence-electron chi connectivity index (χ0n) is 11.9. The zero-order valence-corrected chi connectivity index (χ0v) is 12.7. The molecule has 0 aliphatic carbocycles. The Morgan fingerprint density at radius 3 is 2.65 bits per heavy atom. The van der Waals surface area contributed by atoms with E-state index in [4.69, 9.17) is 21.1 Å². The number of aryl methyl sites for hydroxylation is 1. The van der Waals surface area contributed by atoms with Crippen LogP contribution in [0.3, 0.4) is 0 Å². The number of esters is 1. The van der Waals surface area contributed by atoms with Crippen molar-refractivity contribution in [2.45, 2.75) is 32.9 Å². The van der Waals surface area contributed by atoms with Gasteiger partial charge in [0.25, 0.3) is 0 Å². The smallest absolute Gasteiger partial charge is 0.407 e. The van der Waals surface area contributed by atoms with Crippen molar-refractivity contribution in [2.75, 3.05) is 6.07 Å². The Bertz CT molecular complexity index is 493. The lowest BCUT2D eigenvalue weighted by molar-refractivity contribution is 0.0513. The Morgan fingerprint density at radius 1 is 1.45 bits per heavy atom. The van der Waals surface area contributed by atoms with E-state index in [1.54, 1.807) is 27.8 Å². The SMILES string of the molecule is Cn1ncc(CNC(=O)OC(C)(C)C)c1C(=O)OCCl. The third kappa shape index (κ3) is 4.73. The molecule has 0 saturated heterocycles. The van der Waals surface area contributed by atoms with Crippen LogP contribution in [0.2, 0.25) is 0 Å². The topological polar surface area (TPSA) is 82.5 Å². The summed E-state index contributed by atoms with van der Waals surface area (Å²) < 4.78 is 11.2. The predicted octanol–water partition coefficient (Wildman–Crippen LogP) is 1.80. The largest absolute Gasteiger partial charge is 0.445 e. The minimum absolute atomic E-state index is 0.107. The lowest BCUT2D eigenvalue weighted by Crippen LogP contribution is -2.32. The Morgan fingerprint density at radius 2 is 2.10 bits per heavy atom. The van der Waals surface area contributed by atoms with E-state index in [0.29, 0.717) is 5.56 Å². The number of amides is 1. The van der Waals surface area contributed by atoms with Gasteiger partial charge in [-0.25, -0.2) is 9.59 Å². The van der Waals surface area contributed by atoms with Crippen molar-refractivity contribution in [3.05, 3.63) is 17.5 Å². The number of carbonyl (C=O) groups is 2. The van der Waals surface area contributed by atoms with Gasteiger partial charge >= 0.3 is 12.1 Å². The second kappa shape index (κ2) is 6.60. The Kier molecular flexibility index (Phi) is 5.38. The van der Waals surface area contributed by atoms with Crippen LogP contribution >= 0.6 is 11.6 Å². The first-order valence-corrected chi connectivity index (χ1v) is 6.49. The maximum atomic E-state index is 11.7. The molecule has 8 heteroatoms. The summed E-state index contributed by atoms with van der Waals surface area (Å²) in [5.74, 6) is -0.596. The van der Waals surface area contributed by atoms with Crippen LogP contribution in [0.5, 0.6) is 0 Å². The highest BCUT2D eigenvalue weighted by Gasteiger charge is 2.20. The molecule has 0 fully saturated rings. The van der Waals surface area contributed by atoms with E-state index < -0.39 is 17.7 Å². The molecule has 1 rings (SSSR count). The molecule has 0 aliphatic rings. The van der Waals surface area contributed by atoms with Crippen LogP contribution < -0.4 is 5.32 Å². The predicted molar refractivity (Wildman–Crippen MR) is 72.4 cm³/mol. The summed E-state index contributed by atoms with van der Waals surface area (Å²) in [5.41, 5.74) is 0.176. The third-order valence-corrected chi connectivity index (χ3v) is 2.32. The summed E-state index contributed by atoms with van der Waals surface area (Å²) in [6.45, 7) is 5.40. The molecular formula is C12H18ClN3O4. The molecule has 0 unspecified atom stereocenters. The highest BCUT2D eigenvalue weighted by molar-refractivity contribution is 6.17. The van der Waals surface area contributed by atoms with Crippen molar-refractivity contribution >= 4 is 23.7 Å². The molecular weight excluding hydrogens is 286 g/mol. The van der Waals surface area contributed by atoms with E-state index in [1.807, 2.05) is 0 Å². The lowest BCUT2D eigenvalue weighted by atomic mass is 10.2. The van der Waals surface area contributed by atoms with Crippen molar-refractivity contribution in [2.24, 2.45) is 7.05 Å². The number of alkyl carbamates (subject to hydrolysis) is 1. The van der Waals surface area contributed by atoms with E-state index >= 15 is 0 Å². The first kappa shape index (κ1) is 16.3. The van der Waals surface area contributed by atoms with Gasteiger partial charge in [0, 0.05) is 12.6 Å². The molecule has 0 bridgehead atoms. The number of hydrogen-bond acceptors (Lipinski definition) is 5. The molecule has 0 saturated carbocycles. The molecule has 112 valence electrons. The van der Waals surface area contributed by atoms with Crippen LogP contribution in [0.25, 0.3) is 0 Å². The summed E-state index contributed by atoms with van der Waals surface area (Å²) in [7, 11) is 1.60. The van der Waals surface area contributed by atoms with Crippen LogP contribution in [-0.2, 0) is 23.1 Å². The number of hydrogen-bond donors (Lipinski definition) is 1. The van der Waals surface area contributed by atoms with Crippen LogP contribution in [-0.4, -0.2) is 33.5 Å². The number of alkyl halides is 1. The van der Waals surface area contributed by atoms with Gasteiger partial charge in [0.05, 0.1) is 12.7 Å². The molecule has 1 aromatic heterocycles. The summed E-state index contributed by atoms with van der Waals surface area (Å²) >= 11 is 5.36. The molecule has 20 heavy (non-hydrogen) atoms. The van der Waals surface area contributed by atoms with Gasteiger partial charge in [-0.15, -0.1) is 0 Å². The maximum Gasteiger partial charge on any atom is 0.407 e. The van der Waals surface area contributed by atoms with E-state index in [1.165, 1.54) is 10.9 Å². The molecule has 0 aliphatic heterocycles. The number of rotatable bonds is 4. The van der Waals surface area contributed by atoms with Gasteiger partial charge in [0.1, 0.15) is 5.60 Å². The van der Waals surface area contributed by atoms with E-state index in [9.17, 15) is 9.59 Å². The van der Waals surface area contributed by atoms with Gasteiger partial charge in [-0.1, -0.05) is 11.6 Å². The number of ether oxygens (including phenoxy) is 2. The fraction of sp³-hybridized carbons (Fsp3) is 0.583. The molecule has 0 radical (unpaired) electrons. The van der Waals surface area contributed by atoms with Crippen LogP contribution in [0.1, 0.15) is 36.8 Å². The molecule has 0 atom stereocenters. The highest BCUT2D eigenvalue weighted by Crippen LogP contribution is 2.11. The molecule has 7 nitrogen and oxygen atoms in total. The quantitative estimate of drug-likeness (QED) is 0.677. The monoisotopic (exact) mass is 303 g/mol. The fourth-order valence-electron chi connectivity index (χ4n) is 1.48. The number of nitrogens with one attached hydrogen (secondary N) is 1. The zero-order chi connectivity index (χ0) is 15.3. The maximum absolute atomic E-state index is 11.7. The second-order valence-corrected chi connectivity index (χ2v) is 5.26. The van der Waals surface area contributed by atoms with Gasteiger partial charge in [0.15, 0.2) is 11.8 Å². The molecule has 0 aromatic carbocycles. The van der Waals surface area contributed by atoms with Crippen molar-refractivity contribution in [1.29, 1.82) is 0 Å². The van der Waals surface area contributed by atoms with E-state index in [2.05, 4.69) is 10.4 Å². The normalized spacial score (nSPS) is 11.1. The number of halogens is 1. The minimum atomic E-state index is -0.596. The van der Waals surface area contributed by atoms with Gasteiger partial charge in [-0.05, 0) is 20.8 Å². The van der Waals surface area contributed by atoms with Gasteiger partial charge in [-0.3, -0.25) is 4.68 Å². The van der Waals surface area contributed by atoms with Crippen molar-refractivity contribution in [3.8, 4) is 0 Å². The molecule has 0 spiro atoms. The highest BCUT2D eigenvalue weighted by atomic mass is 35.5. The number of nitrogens with zero attached hydrogens (tertiary/aromatic N) is 2. The lowest BCUT2D eigenvalue weighted by Gasteiger charge is -2.19. The molecule has 1 amide bonds. The standard InChI is InChI=1S/C12H18ClN3O4/c1-12(2,3)20-11(18)14-5-8-6-15-16(4)9(8)10(17)19-7-13/h6H,5,7H2,1-4H3,(H,14,18). The van der Waals surface area contributed by atoms with Crippen molar-refractivity contribution in [3.63, 3.8) is 0 Å². The van der Waals surface area contributed by atoms with Gasteiger partial charge in [-0.2, -0.15) is 5.10 Å². The van der Waals surface area contributed by atoms with Crippen molar-refractivity contribution in [1.82, 2.24) is 15.1 Å². The van der Waals surface area contributed by atoms with Crippen LogP contribution in [0, 0.1) is 0 Å². The minimum Gasteiger partial charge on any atom is -0.445 e. The molecule has 1 aromatic rings. The third-order valence-electron chi connectivity index (χ3n) is 2.22. The van der Waals surface area contributed by atoms with E-state index in [0.717, 1.165) is 0 Å². The van der Waals surface area contributed by atoms with Crippen LogP contribution in [0.15, 0.2) is 6.20 Å². The average Bonchev–Trinajstić information content (AvgIpc) is 2.66. The molecule has 1 N–H and O–H groups in total. The van der Waals surface area contributed by atoms with Gasteiger partial charge in [0.2, 0.25) is 0 Å². The average molecular weight is 304 g/mol.